The Morgan fingerprint density at radius 3 is 2.81 bits per heavy atom. The average molecular weight is 369 g/mol. The molecule has 0 aliphatic carbocycles. The molecule has 2 aromatic rings. The van der Waals surface area contributed by atoms with Gasteiger partial charge < -0.3 is 14.5 Å². The van der Waals surface area contributed by atoms with Gasteiger partial charge in [0, 0.05) is 38.4 Å². The number of carbonyl (C=O) groups is 1. The fourth-order valence-corrected chi connectivity index (χ4v) is 3.15. The minimum absolute atomic E-state index is 0.00479. The topological polar surface area (TPSA) is 83.9 Å². The van der Waals surface area contributed by atoms with Crippen LogP contribution in [0.15, 0.2) is 17.1 Å². The Morgan fingerprint density at radius 1 is 1.42 bits per heavy atom. The van der Waals surface area contributed by atoms with Gasteiger partial charge in [-0.25, -0.2) is 9.78 Å². The van der Waals surface area contributed by atoms with Gasteiger partial charge in [0.15, 0.2) is 5.69 Å². The van der Waals surface area contributed by atoms with Crippen molar-refractivity contribution in [3.8, 4) is 0 Å². The van der Waals surface area contributed by atoms with E-state index in [1.807, 2.05) is 0 Å². The molecule has 0 radical (unpaired) electrons. The van der Waals surface area contributed by atoms with Gasteiger partial charge in [-0.05, 0) is 25.3 Å². The van der Waals surface area contributed by atoms with Crippen molar-refractivity contribution >= 4 is 5.91 Å². The molecule has 0 spiro atoms. The molecule has 10 heteroatoms. The highest BCUT2D eigenvalue weighted by Gasteiger charge is 2.36. The number of aryl methyl sites for hydroxylation is 2. The SMILES string of the molecule is Cc1cc(C(=O)N(C)C[C@H]2CCc3nc(C(F)(F)F)cn3C2)nc(=O)[nH]1. The van der Waals surface area contributed by atoms with E-state index in [1.54, 1.807) is 14.0 Å². The first-order valence-electron chi connectivity index (χ1n) is 8.10. The first kappa shape index (κ1) is 18.2. The molecule has 0 saturated heterocycles. The van der Waals surface area contributed by atoms with Crippen molar-refractivity contribution in [1.29, 1.82) is 0 Å². The standard InChI is InChI=1S/C16H18F3N5O2/c1-9-5-11(21-15(26)20-9)14(25)23(2)6-10-3-4-13-22-12(16(17,18)19)8-24(13)7-10/h5,8,10H,3-4,6-7H2,1-2H3,(H,20,21,26)/t10-/m1/s1. The van der Waals surface area contributed by atoms with Crippen LogP contribution in [0.3, 0.4) is 0 Å². The average Bonchev–Trinajstić information content (AvgIpc) is 2.96. The number of nitrogens with zero attached hydrogens (tertiary/aromatic N) is 4. The lowest BCUT2D eigenvalue weighted by molar-refractivity contribution is -0.141. The van der Waals surface area contributed by atoms with Crippen molar-refractivity contribution in [3.05, 3.63) is 45.7 Å². The predicted octanol–water partition coefficient (Wildman–Crippen LogP) is 1.63. The second kappa shape index (κ2) is 6.58. The predicted molar refractivity (Wildman–Crippen MR) is 85.6 cm³/mol. The second-order valence-corrected chi connectivity index (χ2v) is 6.54. The van der Waals surface area contributed by atoms with Gasteiger partial charge in [0.25, 0.3) is 5.91 Å². The van der Waals surface area contributed by atoms with Crippen LogP contribution in [-0.4, -0.2) is 43.9 Å². The molecule has 1 N–H and O–H groups in total. The molecule has 0 aromatic carbocycles. The first-order valence-corrected chi connectivity index (χ1v) is 8.10. The number of rotatable bonds is 3. The van der Waals surface area contributed by atoms with Crippen LogP contribution >= 0.6 is 0 Å². The number of aromatic amines is 1. The van der Waals surface area contributed by atoms with Crippen LogP contribution < -0.4 is 5.69 Å². The highest BCUT2D eigenvalue weighted by atomic mass is 19.4. The van der Waals surface area contributed by atoms with Gasteiger partial charge >= 0.3 is 11.9 Å². The van der Waals surface area contributed by atoms with Gasteiger partial charge in [0.05, 0.1) is 0 Å². The normalized spacial score (nSPS) is 17.0. The number of aromatic nitrogens is 4. The van der Waals surface area contributed by atoms with Crippen LogP contribution in [0.4, 0.5) is 13.2 Å². The number of hydrogen-bond acceptors (Lipinski definition) is 4. The maximum absolute atomic E-state index is 12.8. The van der Waals surface area contributed by atoms with E-state index in [1.165, 1.54) is 15.5 Å². The molecule has 3 heterocycles. The van der Waals surface area contributed by atoms with Gasteiger partial charge in [0.2, 0.25) is 0 Å². The number of amides is 1. The molecule has 0 fully saturated rings. The lowest BCUT2D eigenvalue weighted by Crippen LogP contribution is -2.36. The summed E-state index contributed by atoms with van der Waals surface area (Å²) in [6.07, 6.45) is -2.39. The Morgan fingerprint density at radius 2 is 2.15 bits per heavy atom. The molecule has 0 saturated carbocycles. The van der Waals surface area contributed by atoms with E-state index in [9.17, 15) is 22.8 Å². The lowest BCUT2D eigenvalue weighted by atomic mass is 9.99. The summed E-state index contributed by atoms with van der Waals surface area (Å²) in [5, 5.41) is 0. The van der Waals surface area contributed by atoms with Gasteiger partial charge in [-0.15, -0.1) is 0 Å². The van der Waals surface area contributed by atoms with Crippen LogP contribution in [0.25, 0.3) is 0 Å². The monoisotopic (exact) mass is 369 g/mol. The molecule has 1 aliphatic heterocycles. The summed E-state index contributed by atoms with van der Waals surface area (Å²) in [5.41, 5.74) is -0.905. The third-order valence-electron chi connectivity index (χ3n) is 4.36. The van der Waals surface area contributed by atoms with E-state index < -0.39 is 23.5 Å². The number of imidazole rings is 1. The maximum Gasteiger partial charge on any atom is 0.434 e. The van der Waals surface area contributed by atoms with Gasteiger partial charge in [-0.1, -0.05) is 0 Å². The highest BCUT2D eigenvalue weighted by molar-refractivity contribution is 5.92. The summed E-state index contributed by atoms with van der Waals surface area (Å²) in [7, 11) is 1.59. The van der Waals surface area contributed by atoms with Crippen LogP contribution in [0.1, 0.15) is 34.1 Å². The summed E-state index contributed by atoms with van der Waals surface area (Å²) in [6, 6.07) is 1.49. The summed E-state index contributed by atoms with van der Waals surface area (Å²) in [4.78, 5) is 35.1. The Hall–Kier alpha value is -2.65. The second-order valence-electron chi connectivity index (χ2n) is 6.54. The molecule has 7 nitrogen and oxygen atoms in total. The van der Waals surface area contributed by atoms with Crippen LogP contribution in [0, 0.1) is 12.8 Å². The van der Waals surface area contributed by atoms with E-state index in [4.69, 9.17) is 0 Å². The lowest BCUT2D eigenvalue weighted by Gasteiger charge is -2.28. The fourth-order valence-electron chi connectivity index (χ4n) is 3.15. The van der Waals surface area contributed by atoms with E-state index in [2.05, 4.69) is 15.0 Å². The summed E-state index contributed by atoms with van der Waals surface area (Å²) >= 11 is 0. The number of alkyl halides is 3. The van der Waals surface area contributed by atoms with E-state index in [0.717, 1.165) is 6.20 Å². The van der Waals surface area contributed by atoms with E-state index >= 15 is 0 Å². The van der Waals surface area contributed by atoms with Crippen molar-refractivity contribution in [2.45, 2.75) is 32.5 Å². The van der Waals surface area contributed by atoms with Gasteiger partial charge in [-0.3, -0.25) is 4.79 Å². The number of H-pyrrole nitrogens is 1. The molecular formula is C16H18F3N5O2. The number of halogens is 3. The molecule has 140 valence electrons. The third kappa shape index (κ3) is 3.78. The molecule has 0 bridgehead atoms. The van der Waals surface area contributed by atoms with Gasteiger partial charge in [0.1, 0.15) is 11.5 Å². The Labute approximate surface area is 146 Å². The molecule has 1 aliphatic rings. The number of nitrogens with one attached hydrogen (secondary N) is 1. The van der Waals surface area contributed by atoms with Gasteiger partial charge in [-0.2, -0.15) is 18.2 Å². The summed E-state index contributed by atoms with van der Waals surface area (Å²) in [6.45, 7) is 2.36. The zero-order chi connectivity index (χ0) is 19.1. The van der Waals surface area contributed by atoms with Crippen molar-refractivity contribution in [2.24, 2.45) is 5.92 Å². The fraction of sp³-hybridized carbons (Fsp3) is 0.500. The van der Waals surface area contributed by atoms with Crippen molar-refractivity contribution in [3.63, 3.8) is 0 Å². The molecule has 3 rings (SSSR count). The van der Waals surface area contributed by atoms with Crippen molar-refractivity contribution in [1.82, 2.24) is 24.4 Å². The Bertz CT molecular complexity index is 887. The first-order chi connectivity index (χ1) is 12.1. The van der Waals surface area contributed by atoms with Crippen molar-refractivity contribution < 1.29 is 18.0 Å². The zero-order valence-electron chi connectivity index (χ0n) is 14.3. The molecule has 1 atom stereocenters. The largest absolute Gasteiger partial charge is 0.434 e. The highest BCUT2D eigenvalue weighted by Crippen LogP contribution is 2.30. The van der Waals surface area contributed by atoms with E-state index in [0.29, 0.717) is 37.4 Å². The summed E-state index contributed by atoms with van der Waals surface area (Å²) < 4.78 is 39.8. The van der Waals surface area contributed by atoms with Crippen LogP contribution in [0.5, 0.6) is 0 Å². The third-order valence-corrected chi connectivity index (χ3v) is 4.36. The number of carbonyl (C=O) groups excluding carboxylic acids is 1. The summed E-state index contributed by atoms with van der Waals surface area (Å²) in [5.74, 6) is 0.0101. The molecular weight excluding hydrogens is 351 g/mol. The maximum atomic E-state index is 12.8. The Kier molecular flexibility index (Phi) is 4.59. The van der Waals surface area contributed by atoms with Crippen LogP contribution in [-0.2, 0) is 19.1 Å². The quantitative estimate of drug-likeness (QED) is 0.891. The van der Waals surface area contributed by atoms with Crippen LogP contribution in [0.2, 0.25) is 0 Å². The zero-order valence-corrected chi connectivity index (χ0v) is 14.3. The van der Waals surface area contributed by atoms with E-state index in [-0.39, 0.29) is 11.6 Å². The number of hydrogen-bond donors (Lipinski definition) is 1. The smallest absolute Gasteiger partial charge is 0.340 e. The molecule has 0 unspecified atom stereocenters. The number of fused-ring (bicyclic) bond motifs is 1. The van der Waals surface area contributed by atoms with Crippen molar-refractivity contribution in [2.75, 3.05) is 13.6 Å². The molecule has 2 aromatic heterocycles. The Balaban J connectivity index is 1.69. The molecule has 1 amide bonds. The minimum Gasteiger partial charge on any atom is -0.340 e. The molecule has 26 heavy (non-hydrogen) atoms. The minimum atomic E-state index is -4.46.